The molecule has 1 amide bonds. The molecule has 0 radical (unpaired) electrons. The Labute approximate surface area is 134 Å². The van der Waals surface area contributed by atoms with Gasteiger partial charge in [-0.1, -0.05) is 33.1 Å². The van der Waals surface area contributed by atoms with Crippen LogP contribution in [0, 0.1) is 0 Å². The van der Waals surface area contributed by atoms with Gasteiger partial charge in [-0.05, 0) is 12.8 Å². The van der Waals surface area contributed by atoms with Gasteiger partial charge >= 0.3 is 12.1 Å². The minimum Gasteiger partial charge on any atom is -0.481 e. The zero-order chi connectivity index (χ0) is 17.2. The molecule has 0 fully saturated rings. The van der Waals surface area contributed by atoms with Gasteiger partial charge in [-0.3, -0.25) is 4.79 Å². The van der Waals surface area contributed by atoms with Crippen molar-refractivity contribution in [1.29, 1.82) is 0 Å². The number of unbranched alkanes of at least 4 members (excludes halogenated alkanes) is 1. The van der Waals surface area contributed by atoms with Crippen LogP contribution in [0.4, 0.5) is 4.79 Å². The summed E-state index contributed by atoms with van der Waals surface area (Å²) in [5.41, 5.74) is 0. The van der Waals surface area contributed by atoms with E-state index in [9.17, 15) is 9.59 Å². The summed E-state index contributed by atoms with van der Waals surface area (Å²) in [6.07, 6.45) is 3.68. The number of hydrogen-bond donors (Lipinski definition) is 2. The third kappa shape index (κ3) is 11.4. The average molecular weight is 317 g/mol. The highest BCUT2D eigenvalue weighted by molar-refractivity contribution is 5.70. The topological polar surface area (TPSA) is 75.6 Å². The van der Waals surface area contributed by atoms with E-state index in [4.69, 9.17) is 9.84 Å². The van der Waals surface area contributed by atoms with Crippen molar-refractivity contribution in [1.82, 2.24) is 5.32 Å². The molecule has 130 valence electrons. The molecule has 0 saturated carbocycles. The van der Waals surface area contributed by atoms with Gasteiger partial charge in [0.1, 0.15) is 6.54 Å². The van der Waals surface area contributed by atoms with E-state index in [1.54, 1.807) is 0 Å². The van der Waals surface area contributed by atoms with Gasteiger partial charge < -0.3 is 19.6 Å². The molecule has 0 rings (SSSR count). The summed E-state index contributed by atoms with van der Waals surface area (Å²) >= 11 is 0. The van der Waals surface area contributed by atoms with Crippen molar-refractivity contribution in [3.8, 4) is 0 Å². The van der Waals surface area contributed by atoms with Crippen LogP contribution in [0.15, 0.2) is 0 Å². The highest BCUT2D eigenvalue weighted by atomic mass is 16.6. The zero-order valence-electron chi connectivity index (χ0n) is 14.7. The Kier molecular flexibility index (Phi) is 9.81. The summed E-state index contributed by atoms with van der Waals surface area (Å²) in [7, 11) is 5.83. The molecule has 2 N–H and O–H groups in total. The molecule has 0 aliphatic carbocycles. The predicted molar refractivity (Wildman–Crippen MR) is 86.8 cm³/mol. The number of carboxylic acids is 1. The van der Waals surface area contributed by atoms with Crippen LogP contribution in [0.25, 0.3) is 0 Å². The molecular formula is C16H33N2O4+. The van der Waals surface area contributed by atoms with Gasteiger partial charge in [-0.15, -0.1) is 0 Å². The van der Waals surface area contributed by atoms with Crippen molar-refractivity contribution in [2.75, 3.05) is 27.7 Å². The zero-order valence-corrected chi connectivity index (χ0v) is 14.7. The summed E-state index contributed by atoms with van der Waals surface area (Å²) in [5, 5.41) is 11.8. The van der Waals surface area contributed by atoms with E-state index in [1.165, 1.54) is 0 Å². The molecule has 6 nitrogen and oxygen atoms in total. The number of nitrogens with one attached hydrogen (secondary N) is 1. The van der Waals surface area contributed by atoms with Gasteiger partial charge in [0.25, 0.3) is 0 Å². The molecule has 0 spiro atoms. The molecule has 0 saturated heterocycles. The SMILES string of the molecule is CCCCC(CCC)NC(=O)O[C@H](CC(=O)O)C[N+](C)(C)C. The number of quaternary nitrogens is 1. The monoisotopic (exact) mass is 317 g/mol. The fourth-order valence-electron chi connectivity index (χ4n) is 2.39. The van der Waals surface area contributed by atoms with Gasteiger partial charge in [0, 0.05) is 6.04 Å². The number of ether oxygens (including phenoxy) is 1. The summed E-state index contributed by atoms with van der Waals surface area (Å²) < 4.78 is 5.89. The minimum absolute atomic E-state index is 0.104. The number of carboxylic acid groups (broad SMARTS) is 1. The first-order chi connectivity index (χ1) is 10.2. The molecule has 22 heavy (non-hydrogen) atoms. The summed E-state index contributed by atoms with van der Waals surface area (Å²) in [5.74, 6) is -0.956. The van der Waals surface area contributed by atoms with Crippen LogP contribution in [-0.4, -0.2) is 61.5 Å². The molecule has 0 aliphatic rings. The number of likely N-dealkylation sites (N-methyl/N-ethyl adjacent to an activating group) is 1. The van der Waals surface area contributed by atoms with Crippen LogP contribution in [0.2, 0.25) is 0 Å². The number of nitrogens with zero attached hydrogens (tertiary/aromatic N) is 1. The van der Waals surface area contributed by atoms with Crippen molar-refractivity contribution in [2.45, 2.75) is 64.5 Å². The second kappa shape index (κ2) is 10.4. The van der Waals surface area contributed by atoms with E-state index in [0.29, 0.717) is 11.0 Å². The number of carbonyl (C=O) groups is 2. The number of carbonyl (C=O) groups excluding carboxylic acids is 1. The lowest BCUT2D eigenvalue weighted by molar-refractivity contribution is -0.873. The first-order valence-electron chi connectivity index (χ1n) is 8.17. The molecule has 2 atom stereocenters. The summed E-state index contributed by atoms with van der Waals surface area (Å²) in [4.78, 5) is 23.0. The largest absolute Gasteiger partial charge is 0.481 e. The van der Waals surface area contributed by atoms with Gasteiger partial charge in [-0.25, -0.2) is 4.79 Å². The Morgan fingerprint density at radius 3 is 2.23 bits per heavy atom. The third-order valence-corrected chi connectivity index (χ3v) is 3.29. The number of aliphatic carboxylic acids is 1. The summed E-state index contributed by atoms with van der Waals surface area (Å²) in [6, 6.07) is 0.104. The molecule has 1 unspecified atom stereocenters. The van der Waals surface area contributed by atoms with Crippen LogP contribution in [0.3, 0.4) is 0 Å². The van der Waals surface area contributed by atoms with Gasteiger partial charge in [0.15, 0.2) is 6.10 Å². The van der Waals surface area contributed by atoms with E-state index in [0.717, 1.165) is 32.1 Å². The van der Waals surface area contributed by atoms with Crippen molar-refractivity contribution in [3.63, 3.8) is 0 Å². The predicted octanol–water partition coefficient (Wildman–Crippen LogP) is 2.62. The highest BCUT2D eigenvalue weighted by Gasteiger charge is 2.25. The van der Waals surface area contributed by atoms with E-state index < -0.39 is 18.2 Å². The number of alkyl carbamates (subject to hydrolysis) is 1. The van der Waals surface area contributed by atoms with E-state index in [-0.39, 0.29) is 12.5 Å². The molecule has 0 aromatic heterocycles. The molecule has 6 heteroatoms. The Hall–Kier alpha value is -1.30. The van der Waals surface area contributed by atoms with Crippen LogP contribution in [-0.2, 0) is 9.53 Å². The number of hydrogen-bond acceptors (Lipinski definition) is 3. The molecule has 0 bridgehead atoms. The molecular weight excluding hydrogens is 284 g/mol. The van der Waals surface area contributed by atoms with Gasteiger partial charge in [-0.2, -0.15) is 0 Å². The number of rotatable bonds is 11. The molecule has 0 aliphatic heterocycles. The second-order valence-electron chi connectivity index (χ2n) is 6.87. The van der Waals surface area contributed by atoms with Crippen LogP contribution in [0.1, 0.15) is 52.4 Å². The van der Waals surface area contributed by atoms with Crippen LogP contribution >= 0.6 is 0 Å². The first-order valence-corrected chi connectivity index (χ1v) is 8.17. The van der Waals surface area contributed by atoms with Crippen molar-refractivity contribution >= 4 is 12.1 Å². The van der Waals surface area contributed by atoms with Crippen LogP contribution < -0.4 is 5.32 Å². The Morgan fingerprint density at radius 2 is 1.77 bits per heavy atom. The average Bonchev–Trinajstić information content (AvgIpc) is 2.32. The smallest absolute Gasteiger partial charge is 0.407 e. The fraction of sp³-hybridized carbons (Fsp3) is 0.875. The Bertz CT molecular complexity index is 340. The standard InChI is InChI=1S/C16H32N2O4/c1-6-8-10-13(9-7-2)17-16(21)22-14(11-15(19)20)12-18(3,4)5/h13-14H,6-12H2,1-5H3,(H-,17,19,20,21)/p+1/t13?,14-/m1/s1. The fourth-order valence-corrected chi connectivity index (χ4v) is 2.39. The molecule has 0 heterocycles. The van der Waals surface area contributed by atoms with Crippen molar-refractivity contribution < 1.29 is 23.9 Å². The number of amides is 1. The van der Waals surface area contributed by atoms with Gasteiger partial charge in [0.05, 0.1) is 27.6 Å². The quantitative estimate of drug-likeness (QED) is 0.574. The lowest BCUT2D eigenvalue weighted by Gasteiger charge is -2.29. The maximum atomic E-state index is 12.0. The molecule has 0 aromatic rings. The van der Waals surface area contributed by atoms with Crippen molar-refractivity contribution in [3.05, 3.63) is 0 Å². The van der Waals surface area contributed by atoms with Crippen LogP contribution in [0.5, 0.6) is 0 Å². The summed E-state index contributed by atoms with van der Waals surface area (Å²) in [6.45, 7) is 4.66. The van der Waals surface area contributed by atoms with E-state index >= 15 is 0 Å². The van der Waals surface area contributed by atoms with Crippen molar-refractivity contribution in [2.24, 2.45) is 0 Å². The molecule has 0 aromatic carbocycles. The third-order valence-electron chi connectivity index (χ3n) is 3.29. The van der Waals surface area contributed by atoms with E-state index in [1.807, 2.05) is 21.1 Å². The lowest BCUT2D eigenvalue weighted by atomic mass is 10.1. The second-order valence-corrected chi connectivity index (χ2v) is 6.87. The van der Waals surface area contributed by atoms with E-state index in [2.05, 4.69) is 19.2 Å². The normalized spacial score (nSPS) is 14.2. The highest BCUT2D eigenvalue weighted by Crippen LogP contribution is 2.09. The first kappa shape index (κ1) is 20.7. The minimum atomic E-state index is -0.956. The maximum Gasteiger partial charge on any atom is 0.407 e. The Balaban J connectivity index is 4.54. The van der Waals surface area contributed by atoms with Gasteiger partial charge in [0.2, 0.25) is 0 Å². The Morgan fingerprint density at radius 1 is 1.14 bits per heavy atom. The maximum absolute atomic E-state index is 12.0. The lowest BCUT2D eigenvalue weighted by Crippen LogP contribution is -2.46.